The minimum atomic E-state index is -0.00810. The van der Waals surface area contributed by atoms with Crippen LogP contribution in [0.1, 0.15) is 30.8 Å². The summed E-state index contributed by atoms with van der Waals surface area (Å²) in [5.41, 5.74) is 0.444. The summed E-state index contributed by atoms with van der Waals surface area (Å²) >= 11 is 5.80. The molecule has 2 rings (SSSR count). The molecule has 2 heterocycles. The molecule has 0 bridgehead atoms. The lowest BCUT2D eigenvalue weighted by Crippen LogP contribution is -2.42. The molecule has 0 aromatic carbocycles. The molecule has 17 heavy (non-hydrogen) atoms. The van der Waals surface area contributed by atoms with Gasteiger partial charge in [-0.05, 0) is 30.4 Å². The van der Waals surface area contributed by atoms with E-state index in [-0.39, 0.29) is 5.91 Å². The van der Waals surface area contributed by atoms with E-state index < -0.39 is 0 Å². The number of hydrogen-bond acceptors (Lipinski definition) is 2. The molecular weight excluding hydrogens is 236 g/mol. The summed E-state index contributed by atoms with van der Waals surface area (Å²) in [5.74, 6) is 1.23. The van der Waals surface area contributed by atoms with Crippen LogP contribution in [0.3, 0.4) is 0 Å². The van der Waals surface area contributed by atoms with E-state index in [1.54, 1.807) is 18.2 Å². The highest BCUT2D eigenvalue weighted by molar-refractivity contribution is 6.29. The molecule has 1 aliphatic rings. The Morgan fingerprint density at radius 2 is 2.18 bits per heavy atom. The normalized spacial score (nSPS) is 24.8. The topological polar surface area (TPSA) is 33.2 Å². The number of pyridine rings is 1. The van der Waals surface area contributed by atoms with Crippen molar-refractivity contribution in [2.45, 2.75) is 20.3 Å². The Balaban J connectivity index is 2.10. The molecule has 0 N–H and O–H groups in total. The molecule has 2 atom stereocenters. The van der Waals surface area contributed by atoms with Crippen molar-refractivity contribution in [1.82, 2.24) is 9.88 Å². The molecular formula is C13H17ClN2O. The van der Waals surface area contributed by atoms with Gasteiger partial charge in [0.1, 0.15) is 10.8 Å². The lowest BCUT2D eigenvalue weighted by molar-refractivity contribution is 0.0621. The van der Waals surface area contributed by atoms with Crippen LogP contribution in [-0.4, -0.2) is 28.9 Å². The van der Waals surface area contributed by atoms with Crippen LogP contribution in [0.15, 0.2) is 18.2 Å². The quantitative estimate of drug-likeness (QED) is 0.720. The standard InChI is InChI=1S/C13H17ClN2O/c1-9-6-7-16(8-10(9)2)13(17)11-4-3-5-12(14)15-11/h3-5,9-10H,6-8H2,1-2H3. The van der Waals surface area contributed by atoms with E-state index in [0.717, 1.165) is 19.5 Å². The summed E-state index contributed by atoms with van der Waals surface area (Å²) in [5, 5.41) is 0.370. The number of carbonyl (C=O) groups is 1. The maximum atomic E-state index is 12.2. The van der Waals surface area contributed by atoms with E-state index in [2.05, 4.69) is 18.8 Å². The largest absolute Gasteiger partial charge is 0.337 e. The van der Waals surface area contributed by atoms with Gasteiger partial charge in [0, 0.05) is 13.1 Å². The second-order valence-corrected chi connectivity index (χ2v) is 5.23. The average molecular weight is 253 g/mol. The van der Waals surface area contributed by atoms with Crippen LogP contribution >= 0.6 is 11.6 Å². The molecule has 1 aromatic rings. The van der Waals surface area contributed by atoms with Crippen molar-refractivity contribution in [3.8, 4) is 0 Å². The van der Waals surface area contributed by atoms with Crippen molar-refractivity contribution in [1.29, 1.82) is 0 Å². The molecule has 0 saturated carbocycles. The molecule has 1 aliphatic heterocycles. The van der Waals surface area contributed by atoms with E-state index in [9.17, 15) is 4.79 Å². The summed E-state index contributed by atoms with van der Waals surface area (Å²) in [6.45, 7) is 6.06. The first-order valence-electron chi connectivity index (χ1n) is 5.99. The van der Waals surface area contributed by atoms with Gasteiger partial charge in [-0.15, -0.1) is 0 Å². The van der Waals surface area contributed by atoms with Crippen molar-refractivity contribution in [2.75, 3.05) is 13.1 Å². The summed E-state index contributed by atoms with van der Waals surface area (Å²) in [4.78, 5) is 18.2. The molecule has 4 heteroatoms. The second kappa shape index (κ2) is 5.05. The maximum Gasteiger partial charge on any atom is 0.272 e. The van der Waals surface area contributed by atoms with Crippen molar-refractivity contribution < 1.29 is 4.79 Å². The van der Waals surface area contributed by atoms with E-state index >= 15 is 0 Å². The lowest BCUT2D eigenvalue weighted by atomic mass is 9.88. The van der Waals surface area contributed by atoms with Gasteiger partial charge < -0.3 is 4.90 Å². The van der Waals surface area contributed by atoms with E-state index in [4.69, 9.17) is 11.6 Å². The van der Waals surface area contributed by atoms with Gasteiger partial charge in [0.15, 0.2) is 0 Å². The highest BCUT2D eigenvalue weighted by Gasteiger charge is 2.27. The number of halogens is 1. The van der Waals surface area contributed by atoms with Gasteiger partial charge in [-0.1, -0.05) is 31.5 Å². The van der Waals surface area contributed by atoms with E-state index in [0.29, 0.717) is 22.7 Å². The molecule has 1 amide bonds. The third-order valence-corrected chi connectivity index (χ3v) is 3.77. The third kappa shape index (κ3) is 2.78. The van der Waals surface area contributed by atoms with Gasteiger partial charge >= 0.3 is 0 Å². The number of nitrogens with zero attached hydrogens (tertiary/aromatic N) is 2. The summed E-state index contributed by atoms with van der Waals surface area (Å²) in [7, 11) is 0. The number of carbonyl (C=O) groups excluding carboxylic acids is 1. The smallest absolute Gasteiger partial charge is 0.272 e. The zero-order valence-electron chi connectivity index (χ0n) is 10.2. The van der Waals surface area contributed by atoms with Gasteiger partial charge in [-0.2, -0.15) is 0 Å². The van der Waals surface area contributed by atoms with Crippen molar-refractivity contribution >= 4 is 17.5 Å². The highest BCUT2D eigenvalue weighted by Crippen LogP contribution is 2.23. The molecule has 0 radical (unpaired) electrons. The first-order valence-corrected chi connectivity index (χ1v) is 6.37. The Morgan fingerprint density at radius 1 is 1.41 bits per heavy atom. The molecule has 1 aromatic heterocycles. The summed E-state index contributed by atoms with van der Waals surface area (Å²) in [6, 6.07) is 5.16. The fraction of sp³-hybridized carbons (Fsp3) is 0.538. The number of amides is 1. The number of likely N-dealkylation sites (tertiary alicyclic amines) is 1. The Bertz CT molecular complexity index is 422. The molecule has 1 fully saturated rings. The molecule has 1 saturated heterocycles. The number of aromatic nitrogens is 1. The van der Waals surface area contributed by atoms with Crippen LogP contribution in [0.25, 0.3) is 0 Å². The molecule has 0 aliphatic carbocycles. The third-order valence-electron chi connectivity index (χ3n) is 3.56. The van der Waals surface area contributed by atoms with Crippen LogP contribution in [-0.2, 0) is 0 Å². The van der Waals surface area contributed by atoms with Crippen molar-refractivity contribution in [2.24, 2.45) is 11.8 Å². The molecule has 3 nitrogen and oxygen atoms in total. The fourth-order valence-electron chi connectivity index (χ4n) is 2.14. The predicted octanol–water partition coefficient (Wildman–Crippen LogP) is 2.85. The number of piperidine rings is 1. The van der Waals surface area contributed by atoms with Crippen LogP contribution in [0, 0.1) is 11.8 Å². The zero-order chi connectivity index (χ0) is 12.4. The van der Waals surface area contributed by atoms with Crippen molar-refractivity contribution in [3.05, 3.63) is 29.0 Å². The Kier molecular flexibility index (Phi) is 3.67. The van der Waals surface area contributed by atoms with E-state index in [1.165, 1.54) is 0 Å². The van der Waals surface area contributed by atoms with Gasteiger partial charge in [0.25, 0.3) is 5.91 Å². The highest BCUT2D eigenvalue weighted by atomic mass is 35.5. The molecule has 0 spiro atoms. The Labute approximate surface area is 107 Å². The predicted molar refractivity (Wildman–Crippen MR) is 68.1 cm³/mol. The van der Waals surface area contributed by atoms with Crippen LogP contribution < -0.4 is 0 Å². The van der Waals surface area contributed by atoms with Gasteiger partial charge in [-0.25, -0.2) is 4.98 Å². The monoisotopic (exact) mass is 252 g/mol. The number of hydrogen-bond donors (Lipinski definition) is 0. The van der Waals surface area contributed by atoms with Crippen LogP contribution in [0.2, 0.25) is 5.15 Å². The lowest BCUT2D eigenvalue weighted by Gasteiger charge is -2.35. The minimum absolute atomic E-state index is 0.00810. The Hall–Kier alpha value is -1.09. The van der Waals surface area contributed by atoms with Crippen molar-refractivity contribution in [3.63, 3.8) is 0 Å². The SMILES string of the molecule is CC1CCN(C(=O)c2cccc(Cl)n2)CC1C. The first kappa shape index (κ1) is 12.4. The molecule has 2 unspecified atom stereocenters. The maximum absolute atomic E-state index is 12.2. The number of rotatable bonds is 1. The van der Waals surface area contributed by atoms with Gasteiger partial charge in [-0.3, -0.25) is 4.79 Å². The van der Waals surface area contributed by atoms with E-state index in [1.807, 2.05) is 4.90 Å². The summed E-state index contributed by atoms with van der Waals surface area (Å²) in [6.07, 6.45) is 1.06. The average Bonchev–Trinajstić information content (AvgIpc) is 2.32. The van der Waals surface area contributed by atoms with Crippen LogP contribution in [0.4, 0.5) is 0 Å². The fourth-order valence-corrected chi connectivity index (χ4v) is 2.30. The second-order valence-electron chi connectivity index (χ2n) is 4.84. The zero-order valence-corrected chi connectivity index (χ0v) is 10.9. The minimum Gasteiger partial charge on any atom is -0.337 e. The summed E-state index contributed by atoms with van der Waals surface area (Å²) < 4.78 is 0. The Morgan fingerprint density at radius 3 is 2.82 bits per heavy atom. The van der Waals surface area contributed by atoms with Gasteiger partial charge in [0.05, 0.1) is 0 Å². The van der Waals surface area contributed by atoms with Crippen LogP contribution in [0.5, 0.6) is 0 Å². The van der Waals surface area contributed by atoms with Gasteiger partial charge in [0.2, 0.25) is 0 Å². The first-order chi connectivity index (χ1) is 8.08. The molecule has 92 valence electrons.